The number of furan rings is 1. The third-order valence-electron chi connectivity index (χ3n) is 4.31. The van der Waals surface area contributed by atoms with Crippen molar-refractivity contribution in [3.8, 4) is 5.75 Å². The van der Waals surface area contributed by atoms with Crippen molar-refractivity contribution in [2.75, 3.05) is 12.4 Å². The Morgan fingerprint density at radius 3 is 2.52 bits per heavy atom. The maximum Gasteiger partial charge on any atom is 0.311 e. The van der Waals surface area contributed by atoms with Crippen molar-refractivity contribution < 1.29 is 28.3 Å². The van der Waals surface area contributed by atoms with Crippen LogP contribution in [0.25, 0.3) is 11.0 Å². The summed E-state index contributed by atoms with van der Waals surface area (Å²) >= 11 is 0. The highest BCUT2D eigenvalue weighted by Gasteiger charge is 2.20. The molecule has 0 bridgehead atoms. The maximum atomic E-state index is 12.2. The minimum atomic E-state index is -1.00. The predicted molar refractivity (Wildman–Crippen MR) is 106 cm³/mol. The number of nitrogens with one attached hydrogen (secondary N) is 1. The normalized spacial score (nSPS) is 11.7. The van der Waals surface area contributed by atoms with Gasteiger partial charge in [0.25, 0.3) is 5.91 Å². The van der Waals surface area contributed by atoms with Crippen molar-refractivity contribution in [2.24, 2.45) is 5.73 Å². The Labute approximate surface area is 166 Å². The van der Waals surface area contributed by atoms with E-state index in [2.05, 4.69) is 5.32 Å². The second-order valence-electron chi connectivity index (χ2n) is 6.36. The number of benzene rings is 2. The highest BCUT2D eigenvalue weighted by molar-refractivity contribution is 5.97. The molecule has 1 heterocycles. The fourth-order valence-corrected chi connectivity index (χ4v) is 2.74. The summed E-state index contributed by atoms with van der Waals surface area (Å²) < 4.78 is 15.8. The van der Waals surface area contributed by atoms with Crippen LogP contribution in [0.4, 0.5) is 5.69 Å². The number of carbonyl (C=O) groups excluding carboxylic acids is 3. The molecule has 0 aliphatic carbocycles. The number of hydrogen-bond acceptors (Lipinski definition) is 6. The molecule has 0 saturated heterocycles. The van der Waals surface area contributed by atoms with Crippen molar-refractivity contribution in [3.63, 3.8) is 0 Å². The van der Waals surface area contributed by atoms with Gasteiger partial charge in [-0.25, -0.2) is 0 Å². The first-order valence-electron chi connectivity index (χ1n) is 8.81. The molecule has 0 aliphatic rings. The van der Waals surface area contributed by atoms with Crippen LogP contribution in [0.5, 0.6) is 5.75 Å². The summed E-state index contributed by atoms with van der Waals surface area (Å²) in [5, 5.41) is 3.39. The smallest absolute Gasteiger partial charge is 0.311 e. The van der Waals surface area contributed by atoms with Crippen molar-refractivity contribution in [1.29, 1.82) is 0 Å². The monoisotopic (exact) mass is 396 g/mol. The molecular formula is C21H20N2O6. The molecule has 2 aromatic carbocycles. The van der Waals surface area contributed by atoms with Crippen LogP contribution in [-0.4, -0.2) is 31.0 Å². The molecule has 0 radical (unpaired) electrons. The van der Waals surface area contributed by atoms with Gasteiger partial charge in [-0.2, -0.15) is 0 Å². The standard InChI is InChI=1S/C21H20N2O6/c1-12(21(26)23-15-5-3-13(4-6-15)20(22)25)29-19(24)9-14-11-28-18-10-16(27-2)7-8-17(14)18/h3-8,10-12H,9H2,1-2H3,(H2,22,25)(H,23,26)/t12-/m1/s1. The van der Waals surface area contributed by atoms with E-state index >= 15 is 0 Å². The minimum absolute atomic E-state index is 0.0374. The van der Waals surface area contributed by atoms with E-state index in [1.165, 1.54) is 25.3 Å². The lowest BCUT2D eigenvalue weighted by Crippen LogP contribution is -2.30. The molecule has 0 saturated carbocycles. The van der Waals surface area contributed by atoms with Crippen LogP contribution < -0.4 is 15.8 Å². The number of carbonyl (C=O) groups is 3. The van der Waals surface area contributed by atoms with Gasteiger partial charge in [0.2, 0.25) is 5.91 Å². The average molecular weight is 396 g/mol. The van der Waals surface area contributed by atoms with E-state index in [4.69, 9.17) is 19.6 Å². The molecule has 3 aromatic rings. The van der Waals surface area contributed by atoms with Gasteiger partial charge in [-0.1, -0.05) is 0 Å². The summed E-state index contributed by atoms with van der Waals surface area (Å²) in [7, 11) is 1.56. The number of fused-ring (bicyclic) bond motifs is 1. The molecule has 0 spiro atoms. The predicted octanol–water partition coefficient (Wildman–Crippen LogP) is 2.65. The van der Waals surface area contributed by atoms with E-state index in [0.717, 1.165) is 5.39 Å². The van der Waals surface area contributed by atoms with Crippen molar-refractivity contribution in [2.45, 2.75) is 19.4 Å². The fraction of sp³-hybridized carbons (Fsp3) is 0.190. The maximum absolute atomic E-state index is 12.2. The summed E-state index contributed by atoms with van der Waals surface area (Å²) in [6, 6.07) is 11.4. The molecule has 3 rings (SSSR count). The summed E-state index contributed by atoms with van der Waals surface area (Å²) in [6.07, 6.45) is 0.442. The molecule has 0 fully saturated rings. The number of primary amides is 1. The van der Waals surface area contributed by atoms with Crippen LogP contribution in [-0.2, 0) is 20.7 Å². The van der Waals surface area contributed by atoms with Gasteiger partial charge in [-0.15, -0.1) is 0 Å². The zero-order chi connectivity index (χ0) is 21.0. The van der Waals surface area contributed by atoms with Gasteiger partial charge in [0.15, 0.2) is 6.10 Å². The van der Waals surface area contributed by atoms with Crippen LogP contribution in [0, 0.1) is 0 Å². The lowest BCUT2D eigenvalue weighted by Gasteiger charge is -2.13. The second-order valence-corrected chi connectivity index (χ2v) is 6.36. The van der Waals surface area contributed by atoms with E-state index < -0.39 is 23.9 Å². The van der Waals surface area contributed by atoms with E-state index in [1.807, 2.05) is 0 Å². The number of nitrogens with two attached hydrogens (primary N) is 1. The Kier molecular flexibility index (Phi) is 5.82. The van der Waals surface area contributed by atoms with Crippen molar-refractivity contribution >= 4 is 34.4 Å². The molecule has 8 nitrogen and oxygen atoms in total. The average Bonchev–Trinajstić information content (AvgIpc) is 3.09. The summed E-state index contributed by atoms with van der Waals surface area (Å²) in [4.78, 5) is 35.6. The number of rotatable bonds is 7. The van der Waals surface area contributed by atoms with Crippen LogP contribution in [0.3, 0.4) is 0 Å². The Hall–Kier alpha value is -3.81. The molecular weight excluding hydrogens is 376 g/mol. The lowest BCUT2D eigenvalue weighted by atomic mass is 10.1. The first-order chi connectivity index (χ1) is 13.9. The molecule has 0 aliphatic heterocycles. The van der Waals surface area contributed by atoms with Gasteiger partial charge < -0.3 is 24.9 Å². The molecule has 29 heavy (non-hydrogen) atoms. The van der Waals surface area contributed by atoms with Gasteiger partial charge in [0, 0.05) is 28.3 Å². The van der Waals surface area contributed by atoms with Crippen LogP contribution >= 0.6 is 0 Å². The second kappa shape index (κ2) is 8.47. The van der Waals surface area contributed by atoms with Crippen molar-refractivity contribution in [1.82, 2.24) is 0 Å². The number of anilines is 1. The number of hydrogen-bond donors (Lipinski definition) is 2. The first kappa shape index (κ1) is 19.9. The minimum Gasteiger partial charge on any atom is -0.497 e. The molecule has 8 heteroatoms. The van der Waals surface area contributed by atoms with Crippen molar-refractivity contribution in [3.05, 3.63) is 59.9 Å². The van der Waals surface area contributed by atoms with Crippen LogP contribution in [0.1, 0.15) is 22.8 Å². The topological polar surface area (TPSA) is 121 Å². The molecule has 1 aromatic heterocycles. The van der Waals surface area contributed by atoms with Gasteiger partial charge in [-0.05, 0) is 43.3 Å². The van der Waals surface area contributed by atoms with Gasteiger partial charge in [0.1, 0.15) is 11.3 Å². The highest BCUT2D eigenvalue weighted by atomic mass is 16.5. The Morgan fingerprint density at radius 1 is 1.14 bits per heavy atom. The Balaban J connectivity index is 1.58. The molecule has 3 N–H and O–H groups in total. The number of ether oxygens (including phenoxy) is 2. The highest BCUT2D eigenvalue weighted by Crippen LogP contribution is 2.26. The van der Waals surface area contributed by atoms with E-state index in [0.29, 0.717) is 28.1 Å². The number of methoxy groups -OCH3 is 1. The third kappa shape index (κ3) is 4.73. The third-order valence-corrected chi connectivity index (χ3v) is 4.31. The fourth-order valence-electron chi connectivity index (χ4n) is 2.74. The molecule has 0 unspecified atom stereocenters. The zero-order valence-electron chi connectivity index (χ0n) is 15.9. The van der Waals surface area contributed by atoms with Crippen LogP contribution in [0.2, 0.25) is 0 Å². The summed E-state index contributed by atoms with van der Waals surface area (Å²) in [5.74, 6) is -0.965. The largest absolute Gasteiger partial charge is 0.497 e. The van der Waals surface area contributed by atoms with Gasteiger partial charge >= 0.3 is 5.97 Å². The van der Waals surface area contributed by atoms with E-state index in [9.17, 15) is 14.4 Å². The number of esters is 1. The molecule has 150 valence electrons. The molecule has 1 atom stereocenters. The summed E-state index contributed by atoms with van der Waals surface area (Å²) in [6.45, 7) is 1.48. The van der Waals surface area contributed by atoms with Gasteiger partial charge in [0.05, 0.1) is 19.8 Å². The first-order valence-corrected chi connectivity index (χ1v) is 8.81. The number of amides is 2. The van der Waals surface area contributed by atoms with E-state index in [-0.39, 0.29) is 6.42 Å². The van der Waals surface area contributed by atoms with Crippen LogP contribution in [0.15, 0.2) is 53.1 Å². The van der Waals surface area contributed by atoms with E-state index in [1.54, 1.807) is 37.4 Å². The molecule has 2 amide bonds. The summed E-state index contributed by atoms with van der Waals surface area (Å²) in [5.41, 5.74) is 7.21. The zero-order valence-corrected chi connectivity index (χ0v) is 15.9. The Morgan fingerprint density at radius 2 is 1.86 bits per heavy atom. The van der Waals surface area contributed by atoms with Gasteiger partial charge in [-0.3, -0.25) is 14.4 Å². The Bertz CT molecular complexity index is 1050. The lowest BCUT2D eigenvalue weighted by molar-refractivity contribution is -0.152. The SMILES string of the molecule is COc1ccc2c(CC(=O)O[C@H](C)C(=O)Nc3ccc(C(N)=O)cc3)coc2c1. The quantitative estimate of drug-likeness (QED) is 0.592.